The normalized spacial score (nSPS) is 28.8. The van der Waals surface area contributed by atoms with Gasteiger partial charge in [-0.2, -0.15) is 0 Å². The highest BCUT2D eigenvalue weighted by Crippen LogP contribution is 2.39. The third kappa shape index (κ3) is 2.91. The molecule has 18 heavy (non-hydrogen) atoms. The predicted molar refractivity (Wildman–Crippen MR) is 78.7 cm³/mol. The van der Waals surface area contributed by atoms with Crippen LogP contribution >= 0.6 is 0 Å². The third-order valence-electron chi connectivity index (χ3n) is 5.91. The van der Waals surface area contributed by atoms with Crippen molar-refractivity contribution < 1.29 is 0 Å². The van der Waals surface area contributed by atoms with E-state index in [-0.39, 0.29) is 0 Å². The summed E-state index contributed by atoms with van der Waals surface area (Å²) in [4.78, 5) is 2.76. The van der Waals surface area contributed by atoms with E-state index in [9.17, 15) is 0 Å². The molecule has 0 aromatic carbocycles. The molecule has 2 heteroatoms. The van der Waals surface area contributed by atoms with Crippen molar-refractivity contribution in [2.75, 3.05) is 19.6 Å². The lowest BCUT2D eigenvalue weighted by atomic mass is 9.76. The van der Waals surface area contributed by atoms with Crippen LogP contribution in [-0.2, 0) is 0 Å². The number of rotatable bonds is 3. The van der Waals surface area contributed by atoms with Crippen molar-refractivity contribution in [3.05, 3.63) is 0 Å². The van der Waals surface area contributed by atoms with E-state index >= 15 is 0 Å². The Balaban J connectivity index is 2.01. The Morgan fingerprint density at radius 2 is 1.50 bits per heavy atom. The average Bonchev–Trinajstić information content (AvgIpc) is 2.66. The van der Waals surface area contributed by atoms with Gasteiger partial charge in [0.15, 0.2) is 0 Å². The summed E-state index contributed by atoms with van der Waals surface area (Å²) in [5.41, 5.74) is 7.14. The molecule has 1 aliphatic heterocycles. The van der Waals surface area contributed by atoms with Gasteiger partial charge in [-0.25, -0.2) is 0 Å². The lowest BCUT2D eigenvalue weighted by Crippen LogP contribution is -2.57. The van der Waals surface area contributed by atoms with Gasteiger partial charge in [-0.15, -0.1) is 0 Å². The molecule has 0 bridgehead atoms. The van der Waals surface area contributed by atoms with Gasteiger partial charge < -0.3 is 5.73 Å². The highest BCUT2D eigenvalue weighted by molar-refractivity contribution is 4.96. The Labute approximate surface area is 113 Å². The van der Waals surface area contributed by atoms with Crippen LogP contribution in [0.2, 0.25) is 0 Å². The molecule has 1 heterocycles. The van der Waals surface area contributed by atoms with Gasteiger partial charge in [0, 0.05) is 12.1 Å². The predicted octanol–water partition coefficient (Wildman–Crippen LogP) is 3.55. The average molecular weight is 252 g/mol. The number of hydrogen-bond donors (Lipinski definition) is 1. The first-order chi connectivity index (χ1) is 8.64. The highest BCUT2D eigenvalue weighted by atomic mass is 15.2. The molecule has 0 atom stereocenters. The van der Waals surface area contributed by atoms with Crippen molar-refractivity contribution in [1.82, 2.24) is 4.90 Å². The number of hydrogen-bond acceptors (Lipinski definition) is 2. The molecule has 1 aliphatic carbocycles. The molecule has 2 fully saturated rings. The monoisotopic (exact) mass is 252 g/mol. The largest absolute Gasteiger partial charge is 0.329 e. The van der Waals surface area contributed by atoms with Crippen LogP contribution in [-0.4, -0.2) is 30.1 Å². The van der Waals surface area contributed by atoms with Crippen LogP contribution in [0, 0.1) is 5.41 Å². The Bertz CT molecular complexity index is 246. The summed E-state index contributed by atoms with van der Waals surface area (Å²) >= 11 is 0. The number of piperidine rings is 1. The second-order valence-electron chi connectivity index (χ2n) is 6.99. The van der Waals surface area contributed by atoms with Crippen LogP contribution in [0.1, 0.15) is 71.6 Å². The molecule has 0 radical (unpaired) electrons. The molecule has 2 rings (SSSR count). The van der Waals surface area contributed by atoms with Gasteiger partial charge in [0.25, 0.3) is 0 Å². The molecule has 0 aromatic heterocycles. The first-order valence-corrected chi connectivity index (χ1v) is 8.09. The fourth-order valence-corrected chi connectivity index (χ4v) is 3.91. The maximum Gasteiger partial charge on any atom is 0.0331 e. The van der Waals surface area contributed by atoms with Crippen LogP contribution in [0.3, 0.4) is 0 Å². The first kappa shape index (κ1) is 14.3. The van der Waals surface area contributed by atoms with E-state index in [1.54, 1.807) is 0 Å². The Kier molecular flexibility index (Phi) is 4.71. The van der Waals surface area contributed by atoms with E-state index in [0.29, 0.717) is 11.0 Å². The molecule has 0 amide bonds. The van der Waals surface area contributed by atoms with Crippen molar-refractivity contribution in [3.63, 3.8) is 0 Å². The van der Waals surface area contributed by atoms with Crippen molar-refractivity contribution >= 4 is 0 Å². The Hall–Kier alpha value is -0.0800. The van der Waals surface area contributed by atoms with Crippen LogP contribution in [0.15, 0.2) is 0 Å². The van der Waals surface area contributed by atoms with Gasteiger partial charge in [0.1, 0.15) is 0 Å². The van der Waals surface area contributed by atoms with E-state index < -0.39 is 0 Å². The zero-order valence-electron chi connectivity index (χ0n) is 12.5. The van der Waals surface area contributed by atoms with Gasteiger partial charge in [-0.1, -0.05) is 46.0 Å². The van der Waals surface area contributed by atoms with Crippen molar-refractivity contribution in [1.29, 1.82) is 0 Å². The quantitative estimate of drug-likeness (QED) is 0.778. The summed E-state index contributed by atoms with van der Waals surface area (Å²) in [5, 5.41) is 0. The Morgan fingerprint density at radius 1 is 0.944 bits per heavy atom. The zero-order chi connectivity index (χ0) is 13.1. The Morgan fingerprint density at radius 3 is 1.94 bits per heavy atom. The molecule has 0 spiro atoms. The lowest BCUT2D eigenvalue weighted by molar-refractivity contribution is 0.0157. The third-order valence-corrected chi connectivity index (χ3v) is 5.91. The minimum Gasteiger partial charge on any atom is -0.329 e. The maximum absolute atomic E-state index is 6.20. The SMILES string of the molecule is CCC1(C)CCN(C2(CN)CCCCCC2)CC1. The summed E-state index contributed by atoms with van der Waals surface area (Å²) in [7, 11) is 0. The van der Waals surface area contributed by atoms with Gasteiger partial charge in [-0.05, 0) is 44.2 Å². The number of nitrogens with zero attached hydrogens (tertiary/aromatic N) is 1. The van der Waals surface area contributed by atoms with Crippen LogP contribution < -0.4 is 5.73 Å². The molecule has 2 N–H and O–H groups in total. The summed E-state index contributed by atoms with van der Waals surface area (Å²) in [6, 6.07) is 0. The van der Waals surface area contributed by atoms with E-state index in [0.717, 1.165) is 6.54 Å². The summed E-state index contributed by atoms with van der Waals surface area (Å²) in [6.07, 6.45) is 12.4. The van der Waals surface area contributed by atoms with Crippen molar-refractivity contribution in [2.24, 2.45) is 11.1 Å². The highest BCUT2D eigenvalue weighted by Gasteiger charge is 2.39. The molecule has 2 aliphatic rings. The smallest absolute Gasteiger partial charge is 0.0331 e. The molecule has 1 saturated heterocycles. The molecular weight excluding hydrogens is 220 g/mol. The standard InChI is InChI=1S/C16H32N2/c1-3-15(2)10-12-18(13-11-15)16(14-17)8-6-4-5-7-9-16/h3-14,17H2,1-2H3. The lowest BCUT2D eigenvalue weighted by Gasteiger charge is -2.49. The minimum atomic E-state index is 0.353. The molecular formula is C16H32N2. The molecule has 106 valence electrons. The molecule has 2 nitrogen and oxygen atoms in total. The van der Waals surface area contributed by atoms with Crippen LogP contribution in [0.25, 0.3) is 0 Å². The van der Waals surface area contributed by atoms with Crippen molar-refractivity contribution in [2.45, 2.75) is 77.2 Å². The molecule has 0 unspecified atom stereocenters. The fourth-order valence-electron chi connectivity index (χ4n) is 3.91. The van der Waals surface area contributed by atoms with E-state index in [1.165, 1.54) is 70.9 Å². The molecule has 1 saturated carbocycles. The van der Waals surface area contributed by atoms with Crippen LogP contribution in [0.4, 0.5) is 0 Å². The minimum absolute atomic E-state index is 0.353. The summed E-state index contributed by atoms with van der Waals surface area (Å²) in [5.74, 6) is 0. The van der Waals surface area contributed by atoms with Gasteiger partial charge in [0.2, 0.25) is 0 Å². The van der Waals surface area contributed by atoms with Crippen LogP contribution in [0.5, 0.6) is 0 Å². The van der Waals surface area contributed by atoms with Gasteiger partial charge in [0.05, 0.1) is 0 Å². The molecule has 0 aromatic rings. The van der Waals surface area contributed by atoms with Crippen molar-refractivity contribution in [3.8, 4) is 0 Å². The van der Waals surface area contributed by atoms with E-state index in [2.05, 4.69) is 18.7 Å². The fraction of sp³-hybridized carbons (Fsp3) is 1.00. The second-order valence-corrected chi connectivity index (χ2v) is 6.99. The summed E-state index contributed by atoms with van der Waals surface area (Å²) < 4.78 is 0. The number of likely N-dealkylation sites (tertiary alicyclic amines) is 1. The zero-order valence-corrected chi connectivity index (χ0v) is 12.5. The summed E-state index contributed by atoms with van der Waals surface area (Å²) in [6.45, 7) is 8.24. The maximum atomic E-state index is 6.20. The second kappa shape index (κ2) is 5.92. The number of nitrogens with two attached hydrogens (primary N) is 1. The van der Waals surface area contributed by atoms with Gasteiger partial charge in [-0.3, -0.25) is 4.90 Å². The first-order valence-electron chi connectivity index (χ1n) is 8.09. The topological polar surface area (TPSA) is 29.3 Å². The van der Waals surface area contributed by atoms with E-state index in [4.69, 9.17) is 5.73 Å². The van der Waals surface area contributed by atoms with E-state index in [1.807, 2.05) is 0 Å². The van der Waals surface area contributed by atoms with Gasteiger partial charge >= 0.3 is 0 Å².